The average Bonchev–Trinajstić information content (AvgIpc) is 2.55. The summed E-state index contributed by atoms with van der Waals surface area (Å²) in [5.41, 5.74) is 0.657. The van der Waals surface area contributed by atoms with E-state index in [2.05, 4.69) is 20.6 Å². The predicted molar refractivity (Wildman–Crippen MR) is 93.3 cm³/mol. The SMILES string of the molecule is COc1cc(NC(=O)c2ccnc(NC(C)C)n2)c(OC)cc1Cl. The molecule has 1 aromatic carbocycles. The maximum atomic E-state index is 12.4. The standard InChI is InChI=1S/C16H19ClN4O3/c1-9(2)19-16-18-6-5-11(21-16)15(22)20-12-8-13(23-3)10(17)7-14(12)24-4/h5-9H,1-4H3,(H,20,22)(H,18,19,21). The molecule has 0 atom stereocenters. The van der Waals surface area contributed by atoms with Gasteiger partial charge in [-0.3, -0.25) is 4.79 Å². The highest BCUT2D eigenvalue weighted by Gasteiger charge is 2.15. The number of nitrogens with one attached hydrogen (secondary N) is 2. The summed E-state index contributed by atoms with van der Waals surface area (Å²) in [6.07, 6.45) is 1.52. The number of amides is 1. The van der Waals surface area contributed by atoms with Crippen molar-refractivity contribution in [2.45, 2.75) is 19.9 Å². The second kappa shape index (κ2) is 7.83. The summed E-state index contributed by atoms with van der Waals surface area (Å²) >= 11 is 6.06. The van der Waals surface area contributed by atoms with Gasteiger partial charge in [0.05, 0.1) is 24.9 Å². The van der Waals surface area contributed by atoms with Gasteiger partial charge in [-0.15, -0.1) is 0 Å². The number of hydrogen-bond donors (Lipinski definition) is 2. The lowest BCUT2D eigenvalue weighted by Crippen LogP contribution is -2.18. The van der Waals surface area contributed by atoms with E-state index in [9.17, 15) is 4.79 Å². The number of anilines is 2. The fraction of sp³-hybridized carbons (Fsp3) is 0.312. The van der Waals surface area contributed by atoms with Crippen LogP contribution in [0.2, 0.25) is 5.02 Å². The van der Waals surface area contributed by atoms with Crippen LogP contribution in [-0.2, 0) is 0 Å². The van der Waals surface area contributed by atoms with Gasteiger partial charge >= 0.3 is 0 Å². The van der Waals surface area contributed by atoms with Crippen molar-refractivity contribution in [1.82, 2.24) is 9.97 Å². The molecule has 1 heterocycles. The Kier molecular flexibility index (Phi) is 5.81. The molecule has 8 heteroatoms. The number of halogens is 1. The molecule has 2 aromatic rings. The summed E-state index contributed by atoms with van der Waals surface area (Å²) in [6.45, 7) is 3.92. The Morgan fingerprint density at radius 1 is 1.21 bits per heavy atom. The highest BCUT2D eigenvalue weighted by molar-refractivity contribution is 6.32. The Morgan fingerprint density at radius 3 is 2.54 bits per heavy atom. The van der Waals surface area contributed by atoms with E-state index in [0.29, 0.717) is 28.2 Å². The molecule has 1 amide bonds. The molecular weight excluding hydrogens is 332 g/mol. The number of benzene rings is 1. The Bertz CT molecular complexity index is 737. The van der Waals surface area contributed by atoms with Crippen molar-refractivity contribution < 1.29 is 14.3 Å². The third-order valence-corrected chi connectivity index (χ3v) is 3.32. The average molecular weight is 351 g/mol. The summed E-state index contributed by atoms with van der Waals surface area (Å²) in [5.74, 6) is 0.839. The highest BCUT2D eigenvalue weighted by Crippen LogP contribution is 2.36. The largest absolute Gasteiger partial charge is 0.495 e. The first-order chi connectivity index (χ1) is 11.4. The van der Waals surface area contributed by atoms with Crippen LogP contribution < -0.4 is 20.1 Å². The molecule has 0 bridgehead atoms. The van der Waals surface area contributed by atoms with Crippen LogP contribution in [-0.4, -0.2) is 36.1 Å². The van der Waals surface area contributed by atoms with E-state index in [1.165, 1.54) is 26.5 Å². The van der Waals surface area contributed by atoms with E-state index < -0.39 is 5.91 Å². The Labute approximate surface area is 145 Å². The summed E-state index contributed by atoms with van der Waals surface area (Å²) in [4.78, 5) is 20.7. The molecule has 0 radical (unpaired) electrons. The predicted octanol–water partition coefficient (Wildman–Crippen LogP) is 3.22. The molecule has 0 aliphatic rings. The van der Waals surface area contributed by atoms with Gasteiger partial charge in [0.25, 0.3) is 5.91 Å². The molecule has 0 spiro atoms. The van der Waals surface area contributed by atoms with Crippen LogP contribution in [0.4, 0.5) is 11.6 Å². The molecule has 24 heavy (non-hydrogen) atoms. The van der Waals surface area contributed by atoms with Crippen LogP contribution in [0.25, 0.3) is 0 Å². The maximum Gasteiger partial charge on any atom is 0.274 e. The second-order valence-electron chi connectivity index (χ2n) is 5.21. The summed E-state index contributed by atoms with van der Waals surface area (Å²) in [5, 5.41) is 6.17. The van der Waals surface area contributed by atoms with Crippen molar-refractivity contribution in [3.63, 3.8) is 0 Å². The maximum absolute atomic E-state index is 12.4. The van der Waals surface area contributed by atoms with Crippen LogP contribution >= 0.6 is 11.6 Å². The molecule has 0 saturated heterocycles. The van der Waals surface area contributed by atoms with Crippen LogP contribution in [0.15, 0.2) is 24.4 Å². The molecule has 0 aliphatic carbocycles. The highest BCUT2D eigenvalue weighted by atomic mass is 35.5. The third-order valence-electron chi connectivity index (χ3n) is 3.03. The first-order valence-corrected chi connectivity index (χ1v) is 7.64. The molecule has 0 fully saturated rings. The zero-order chi connectivity index (χ0) is 17.7. The van der Waals surface area contributed by atoms with Gasteiger partial charge in [0, 0.05) is 24.4 Å². The topological polar surface area (TPSA) is 85.4 Å². The molecule has 0 saturated carbocycles. The number of hydrogen-bond acceptors (Lipinski definition) is 6. The lowest BCUT2D eigenvalue weighted by molar-refractivity contribution is 0.102. The summed E-state index contributed by atoms with van der Waals surface area (Å²) < 4.78 is 10.4. The normalized spacial score (nSPS) is 10.4. The monoisotopic (exact) mass is 350 g/mol. The number of nitrogens with zero attached hydrogens (tertiary/aromatic N) is 2. The van der Waals surface area contributed by atoms with Crippen LogP contribution in [0.1, 0.15) is 24.3 Å². The molecule has 0 unspecified atom stereocenters. The van der Waals surface area contributed by atoms with Crippen LogP contribution in [0, 0.1) is 0 Å². The summed E-state index contributed by atoms with van der Waals surface area (Å²) in [7, 11) is 2.98. The number of aromatic nitrogens is 2. The Morgan fingerprint density at radius 2 is 1.92 bits per heavy atom. The minimum absolute atomic E-state index is 0.156. The number of ether oxygens (including phenoxy) is 2. The lowest BCUT2D eigenvalue weighted by Gasteiger charge is -2.13. The second-order valence-corrected chi connectivity index (χ2v) is 5.61. The summed E-state index contributed by atoms with van der Waals surface area (Å²) in [6, 6.07) is 4.85. The van der Waals surface area contributed by atoms with Crippen molar-refractivity contribution in [3.05, 3.63) is 35.1 Å². The molecule has 128 valence electrons. The van der Waals surface area contributed by atoms with Gasteiger partial charge in [0.2, 0.25) is 5.95 Å². The van der Waals surface area contributed by atoms with E-state index in [-0.39, 0.29) is 11.7 Å². The van der Waals surface area contributed by atoms with E-state index in [4.69, 9.17) is 21.1 Å². The minimum Gasteiger partial charge on any atom is -0.495 e. The van der Waals surface area contributed by atoms with Gasteiger partial charge < -0.3 is 20.1 Å². The molecule has 2 rings (SSSR count). The van der Waals surface area contributed by atoms with E-state index in [1.54, 1.807) is 12.1 Å². The first-order valence-electron chi connectivity index (χ1n) is 7.27. The Hall–Kier alpha value is -2.54. The van der Waals surface area contributed by atoms with E-state index >= 15 is 0 Å². The zero-order valence-corrected chi connectivity index (χ0v) is 14.6. The zero-order valence-electron chi connectivity index (χ0n) is 13.9. The van der Waals surface area contributed by atoms with Crippen LogP contribution in [0.3, 0.4) is 0 Å². The molecule has 0 aliphatic heterocycles. The third kappa shape index (κ3) is 4.26. The number of carbonyl (C=O) groups excluding carboxylic acids is 1. The lowest BCUT2D eigenvalue weighted by atomic mass is 10.2. The fourth-order valence-electron chi connectivity index (χ4n) is 1.96. The number of methoxy groups -OCH3 is 2. The first kappa shape index (κ1) is 17.8. The smallest absolute Gasteiger partial charge is 0.274 e. The van der Waals surface area contributed by atoms with Crippen molar-refractivity contribution in [2.24, 2.45) is 0 Å². The van der Waals surface area contributed by atoms with Crippen molar-refractivity contribution >= 4 is 29.1 Å². The van der Waals surface area contributed by atoms with Gasteiger partial charge in [-0.2, -0.15) is 0 Å². The molecular formula is C16H19ClN4O3. The van der Waals surface area contributed by atoms with E-state index in [1.807, 2.05) is 13.8 Å². The quantitative estimate of drug-likeness (QED) is 0.832. The van der Waals surface area contributed by atoms with E-state index in [0.717, 1.165) is 0 Å². The molecule has 1 aromatic heterocycles. The van der Waals surface area contributed by atoms with Gasteiger partial charge in [0.1, 0.15) is 17.2 Å². The number of rotatable bonds is 6. The number of carbonyl (C=O) groups is 1. The van der Waals surface area contributed by atoms with Crippen molar-refractivity contribution in [1.29, 1.82) is 0 Å². The van der Waals surface area contributed by atoms with Crippen molar-refractivity contribution in [3.8, 4) is 11.5 Å². The van der Waals surface area contributed by atoms with Gasteiger partial charge in [-0.1, -0.05) is 11.6 Å². The van der Waals surface area contributed by atoms with Gasteiger partial charge in [-0.25, -0.2) is 9.97 Å². The van der Waals surface area contributed by atoms with Gasteiger partial charge in [0.15, 0.2) is 0 Å². The minimum atomic E-state index is -0.396. The fourth-order valence-corrected chi connectivity index (χ4v) is 2.19. The molecule has 2 N–H and O–H groups in total. The van der Waals surface area contributed by atoms with Crippen LogP contribution in [0.5, 0.6) is 11.5 Å². The Balaban J connectivity index is 2.26. The van der Waals surface area contributed by atoms with Gasteiger partial charge in [-0.05, 0) is 19.9 Å². The van der Waals surface area contributed by atoms with Crippen molar-refractivity contribution in [2.75, 3.05) is 24.9 Å². The molecule has 7 nitrogen and oxygen atoms in total.